The van der Waals surface area contributed by atoms with Crippen LogP contribution in [0.2, 0.25) is 10.0 Å². The summed E-state index contributed by atoms with van der Waals surface area (Å²) in [7, 11) is 0. The Kier molecular flexibility index (Phi) is 4.54. The van der Waals surface area contributed by atoms with Gasteiger partial charge in [-0.25, -0.2) is 0 Å². The summed E-state index contributed by atoms with van der Waals surface area (Å²) in [6.07, 6.45) is 0. The molecule has 1 heterocycles. The van der Waals surface area contributed by atoms with Crippen LogP contribution in [0.15, 0.2) is 36.4 Å². The summed E-state index contributed by atoms with van der Waals surface area (Å²) in [5, 5.41) is 4.69. The van der Waals surface area contributed by atoms with Crippen molar-refractivity contribution in [3.8, 4) is 11.5 Å². The van der Waals surface area contributed by atoms with E-state index in [0.29, 0.717) is 29.8 Å². The number of nitrogens with one attached hydrogen (secondary N) is 1. The molecule has 0 atom stereocenters. The van der Waals surface area contributed by atoms with Crippen LogP contribution in [-0.4, -0.2) is 13.2 Å². The van der Waals surface area contributed by atoms with Gasteiger partial charge in [-0.3, -0.25) is 0 Å². The lowest BCUT2D eigenvalue weighted by molar-refractivity contribution is 0.171. The lowest BCUT2D eigenvalue weighted by Crippen LogP contribution is -2.16. The van der Waals surface area contributed by atoms with Crippen molar-refractivity contribution < 1.29 is 9.47 Å². The van der Waals surface area contributed by atoms with Crippen LogP contribution in [0.4, 0.5) is 0 Å². The minimum atomic E-state index is 0.601. The van der Waals surface area contributed by atoms with E-state index in [1.807, 2.05) is 30.3 Å². The van der Waals surface area contributed by atoms with E-state index < -0.39 is 0 Å². The Balaban J connectivity index is 1.60. The van der Waals surface area contributed by atoms with E-state index in [4.69, 9.17) is 32.7 Å². The molecule has 1 aliphatic rings. The van der Waals surface area contributed by atoms with E-state index in [1.54, 1.807) is 6.07 Å². The highest BCUT2D eigenvalue weighted by Crippen LogP contribution is 2.30. The van der Waals surface area contributed by atoms with E-state index in [-0.39, 0.29) is 0 Å². The van der Waals surface area contributed by atoms with Crippen molar-refractivity contribution in [3.05, 3.63) is 57.6 Å². The molecule has 0 saturated heterocycles. The van der Waals surface area contributed by atoms with Gasteiger partial charge in [0.2, 0.25) is 0 Å². The van der Waals surface area contributed by atoms with Gasteiger partial charge in [-0.1, -0.05) is 35.3 Å². The maximum Gasteiger partial charge on any atom is 0.161 e. The van der Waals surface area contributed by atoms with Crippen LogP contribution in [0.25, 0.3) is 0 Å². The number of hydrogen-bond donors (Lipinski definition) is 1. The second-order valence-corrected chi connectivity index (χ2v) is 5.66. The molecule has 110 valence electrons. The summed E-state index contributed by atoms with van der Waals surface area (Å²) in [5.41, 5.74) is 2.17. The molecule has 2 aromatic carbocycles. The molecule has 0 amide bonds. The molecule has 21 heavy (non-hydrogen) atoms. The lowest BCUT2D eigenvalue weighted by Gasteiger charge is -2.19. The summed E-state index contributed by atoms with van der Waals surface area (Å²) < 4.78 is 11.1. The molecule has 3 rings (SSSR count). The minimum absolute atomic E-state index is 0.601. The van der Waals surface area contributed by atoms with Crippen molar-refractivity contribution in [3.63, 3.8) is 0 Å². The third kappa shape index (κ3) is 3.62. The average molecular weight is 324 g/mol. The Labute approximate surface area is 133 Å². The number of halogens is 2. The van der Waals surface area contributed by atoms with Crippen molar-refractivity contribution in [1.29, 1.82) is 0 Å². The fraction of sp³-hybridized carbons (Fsp3) is 0.250. The molecular formula is C16H15Cl2NO2. The van der Waals surface area contributed by atoms with Crippen LogP contribution >= 0.6 is 23.2 Å². The van der Waals surface area contributed by atoms with Gasteiger partial charge in [-0.05, 0) is 35.4 Å². The standard InChI is InChI=1S/C16H15Cl2NO2/c17-13-3-2-12(14(18)8-13)10-19-9-11-1-4-15-16(7-11)21-6-5-20-15/h1-4,7-8,19H,5-6,9-10H2. The zero-order valence-corrected chi connectivity index (χ0v) is 12.9. The van der Waals surface area contributed by atoms with Crippen LogP contribution in [0, 0.1) is 0 Å². The second-order valence-electron chi connectivity index (χ2n) is 4.82. The van der Waals surface area contributed by atoms with Crippen molar-refractivity contribution >= 4 is 23.2 Å². The van der Waals surface area contributed by atoms with Crippen LogP contribution in [-0.2, 0) is 13.1 Å². The van der Waals surface area contributed by atoms with Gasteiger partial charge >= 0.3 is 0 Å². The first-order chi connectivity index (χ1) is 10.2. The zero-order chi connectivity index (χ0) is 14.7. The molecule has 0 aliphatic carbocycles. The third-order valence-electron chi connectivity index (χ3n) is 3.27. The van der Waals surface area contributed by atoms with Crippen LogP contribution in [0.5, 0.6) is 11.5 Å². The first kappa shape index (κ1) is 14.5. The molecule has 0 unspecified atom stereocenters. The molecule has 1 aliphatic heterocycles. The predicted octanol–water partition coefficient (Wildman–Crippen LogP) is 4.05. The van der Waals surface area contributed by atoms with Crippen molar-refractivity contribution in [1.82, 2.24) is 5.32 Å². The van der Waals surface area contributed by atoms with Crippen molar-refractivity contribution in [2.24, 2.45) is 0 Å². The summed E-state index contributed by atoms with van der Waals surface area (Å²) in [5.74, 6) is 1.62. The van der Waals surface area contributed by atoms with Gasteiger partial charge in [-0.15, -0.1) is 0 Å². The normalized spacial score (nSPS) is 13.2. The number of rotatable bonds is 4. The molecule has 0 bridgehead atoms. The molecule has 5 heteroatoms. The summed E-state index contributed by atoms with van der Waals surface area (Å²) in [6.45, 7) is 2.63. The highest BCUT2D eigenvalue weighted by molar-refractivity contribution is 6.35. The van der Waals surface area contributed by atoms with Gasteiger partial charge in [0.1, 0.15) is 13.2 Å². The van der Waals surface area contributed by atoms with Gasteiger partial charge in [-0.2, -0.15) is 0 Å². The van der Waals surface area contributed by atoms with Crippen LogP contribution < -0.4 is 14.8 Å². The van der Waals surface area contributed by atoms with Gasteiger partial charge in [0.15, 0.2) is 11.5 Å². The van der Waals surface area contributed by atoms with Gasteiger partial charge in [0.25, 0.3) is 0 Å². The molecule has 1 N–H and O–H groups in total. The highest BCUT2D eigenvalue weighted by Gasteiger charge is 2.11. The third-order valence-corrected chi connectivity index (χ3v) is 3.85. The maximum atomic E-state index is 6.15. The van der Waals surface area contributed by atoms with E-state index in [1.165, 1.54) is 0 Å². The zero-order valence-electron chi connectivity index (χ0n) is 11.4. The Morgan fingerprint density at radius 3 is 2.52 bits per heavy atom. The van der Waals surface area contributed by atoms with E-state index in [9.17, 15) is 0 Å². The molecule has 0 radical (unpaired) electrons. The molecular weight excluding hydrogens is 309 g/mol. The first-order valence-corrected chi connectivity index (χ1v) is 7.51. The molecule has 2 aromatic rings. The number of ether oxygens (including phenoxy) is 2. The predicted molar refractivity (Wildman–Crippen MR) is 84.4 cm³/mol. The van der Waals surface area contributed by atoms with Crippen molar-refractivity contribution in [2.75, 3.05) is 13.2 Å². The van der Waals surface area contributed by atoms with Gasteiger partial charge in [0, 0.05) is 23.1 Å². The van der Waals surface area contributed by atoms with Crippen LogP contribution in [0.3, 0.4) is 0 Å². The Hall–Kier alpha value is -1.42. The van der Waals surface area contributed by atoms with Gasteiger partial charge in [0.05, 0.1) is 0 Å². The number of hydrogen-bond acceptors (Lipinski definition) is 3. The first-order valence-electron chi connectivity index (χ1n) is 6.75. The SMILES string of the molecule is Clc1ccc(CNCc2ccc3c(c2)OCCO3)c(Cl)c1. The fourth-order valence-electron chi connectivity index (χ4n) is 2.20. The Bertz CT molecular complexity index is 646. The monoisotopic (exact) mass is 323 g/mol. The van der Waals surface area contributed by atoms with Gasteiger partial charge < -0.3 is 14.8 Å². The molecule has 0 fully saturated rings. The second kappa shape index (κ2) is 6.56. The van der Waals surface area contributed by atoms with Crippen molar-refractivity contribution in [2.45, 2.75) is 13.1 Å². The Morgan fingerprint density at radius 2 is 1.71 bits per heavy atom. The summed E-state index contributed by atoms with van der Waals surface area (Å²) in [6, 6.07) is 11.5. The number of benzene rings is 2. The molecule has 0 spiro atoms. The lowest BCUT2D eigenvalue weighted by atomic mass is 10.1. The van der Waals surface area contributed by atoms with E-state index >= 15 is 0 Å². The largest absolute Gasteiger partial charge is 0.486 e. The van der Waals surface area contributed by atoms with E-state index in [0.717, 1.165) is 29.2 Å². The summed E-state index contributed by atoms with van der Waals surface area (Å²) >= 11 is 12.0. The summed E-state index contributed by atoms with van der Waals surface area (Å²) in [4.78, 5) is 0. The number of fused-ring (bicyclic) bond motifs is 1. The smallest absolute Gasteiger partial charge is 0.161 e. The minimum Gasteiger partial charge on any atom is -0.486 e. The molecule has 0 saturated carbocycles. The molecule has 3 nitrogen and oxygen atoms in total. The topological polar surface area (TPSA) is 30.5 Å². The fourth-order valence-corrected chi connectivity index (χ4v) is 2.68. The molecule has 0 aromatic heterocycles. The Morgan fingerprint density at radius 1 is 0.905 bits per heavy atom. The maximum absolute atomic E-state index is 6.15. The van der Waals surface area contributed by atoms with E-state index in [2.05, 4.69) is 5.32 Å². The average Bonchev–Trinajstić information content (AvgIpc) is 2.49. The van der Waals surface area contributed by atoms with Crippen LogP contribution in [0.1, 0.15) is 11.1 Å². The quantitative estimate of drug-likeness (QED) is 0.920. The highest BCUT2D eigenvalue weighted by atomic mass is 35.5.